The van der Waals surface area contributed by atoms with E-state index in [-0.39, 0.29) is 29.6 Å². The lowest BCUT2D eigenvalue weighted by atomic mass is 9.90. The Morgan fingerprint density at radius 1 is 1.32 bits per heavy atom. The van der Waals surface area contributed by atoms with Gasteiger partial charge in [0.05, 0.1) is 12.7 Å². The van der Waals surface area contributed by atoms with Gasteiger partial charge in [-0.05, 0) is 32.3 Å². The molecule has 5 nitrogen and oxygen atoms in total. The molecule has 25 heavy (non-hydrogen) atoms. The van der Waals surface area contributed by atoms with E-state index in [0.29, 0.717) is 13.2 Å². The lowest BCUT2D eigenvalue weighted by Crippen LogP contribution is -2.59. The third kappa shape index (κ3) is 5.27. The fraction of sp³-hybridized carbons (Fsp3) is 0.650. The van der Waals surface area contributed by atoms with Crippen LogP contribution in [0.5, 0.6) is 0 Å². The summed E-state index contributed by atoms with van der Waals surface area (Å²) in [6.45, 7) is 10.5. The number of amides is 1. The van der Waals surface area contributed by atoms with Crippen LogP contribution in [0.4, 0.5) is 0 Å². The van der Waals surface area contributed by atoms with Gasteiger partial charge in [-0.3, -0.25) is 4.79 Å². The molecule has 1 aromatic rings. The minimum atomic E-state index is -0.272. The van der Waals surface area contributed by atoms with Crippen LogP contribution in [-0.2, 0) is 9.53 Å². The van der Waals surface area contributed by atoms with Crippen molar-refractivity contribution >= 4 is 5.91 Å². The van der Waals surface area contributed by atoms with Gasteiger partial charge in [0.2, 0.25) is 5.91 Å². The molecule has 0 radical (unpaired) electrons. The molecule has 1 heterocycles. The van der Waals surface area contributed by atoms with E-state index in [9.17, 15) is 4.79 Å². The standard InChI is InChI=1S/C20H33N3O2/c1-5-20(6-2,23-15(3)17-10-8-7-9-11-17)14-22-19(24)18-16(4)25-13-12-21-18/h7-11,15-16,18,21,23H,5-6,12-14H2,1-4H3,(H,22,24)/t15?,16-,18+/m1/s1. The number of benzene rings is 1. The fourth-order valence-electron chi connectivity index (χ4n) is 3.43. The molecular weight excluding hydrogens is 314 g/mol. The normalized spacial score (nSPS) is 22.4. The predicted octanol–water partition coefficient (Wildman–Crippen LogP) is 2.39. The number of carbonyl (C=O) groups is 1. The van der Waals surface area contributed by atoms with Crippen molar-refractivity contribution in [3.8, 4) is 0 Å². The smallest absolute Gasteiger partial charge is 0.239 e. The van der Waals surface area contributed by atoms with Gasteiger partial charge in [0.15, 0.2) is 0 Å². The third-order valence-corrected chi connectivity index (χ3v) is 5.38. The molecule has 0 bridgehead atoms. The molecule has 1 aromatic carbocycles. The maximum absolute atomic E-state index is 12.6. The Morgan fingerprint density at radius 3 is 2.60 bits per heavy atom. The zero-order valence-corrected chi connectivity index (χ0v) is 16.0. The van der Waals surface area contributed by atoms with Crippen molar-refractivity contribution in [1.29, 1.82) is 0 Å². The molecule has 2 rings (SSSR count). The summed E-state index contributed by atoms with van der Waals surface area (Å²) in [5.41, 5.74) is 1.14. The molecule has 3 atom stereocenters. The van der Waals surface area contributed by atoms with Crippen molar-refractivity contribution < 1.29 is 9.53 Å². The number of carbonyl (C=O) groups excluding carboxylic acids is 1. The number of ether oxygens (including phenoxy) is 1. The maximum Gasteiger partial charge on any atom is 0.239 e. The lowest BCUT2D eigenvalue weighted by molar-refractivity contribution is -0.129. The van der Waals surface area contributed by atoms with Crippen LogP contribution in [0.3, 0.4) is 0 Å². The Balaban J connectivity index is 1.97. The van der Waals surface area contributed by atoms with Gasteiger partial charge in [-0.25, -0.2) is 0 Å². The van der Waals surface area contributed by atoms with Crippen LogP contribution < -0.4 is 16.0 Å². The highest BCUT2D eigenvalue weighted by molar-refractivity contribution is 5.82. The minimum absolute atomic E-state index is 0.0210. The first-order valence-corrected chi connectivity index (χ1v) is 9.46. The van der Waals surface area contributed by atoms with Gasteiger partial charge in [-0.15, -0.1) is 0 Å². The molecular formula is C20H33N3O2. The van der Waals surface area contributed by atoms with E-state index in [4.69, 9.17) is 4.74 Å². The monoisotopic (exact) mass is 347 g/mol. The molecule has 0 aromatic heterocycles. The average Bonchev–Trinajstić information content (AvgIpc) is 2.66. The first-order chi connectivity index (χ1) is 12.0. The van der Waals surface area contributed by atoms with Crippen LogP contribution >= 0.6 is 0 Å². The van der Waals surface area contributed by atoms with Crippen LogP contribution in [0.2, 0.25) is 0 Å². The summed E-state index contributed by atoms with van der Waals surface area (Å²) < 4.78 is 5.58. The fourth-order valence-corrected chi connectivity index (χ4v) is 3.43. The van der Waals surface area contributed by atoms with Gasteiger partial charge in [0, 0.05) is 24.7 Å². The highest BCUT2D eigenvalue weighted by Gasteiger charge is 2.32. The Morgan fingerprint density at radius 2 is 2.00 bits per heavy atom. The molecule has 140 valence electrons. The second kappa shape index (κ2) is 9.32. The van der Waals surface area contributed by atoms with E-state index in [1.807, 2.05) is 13.0 Å². The van der Waals surface area contributed by atoms with E-state index in [2.05, 4.69) is 61.0 Å². The molecule has 1 saturated heterocycles. The minimum Gasteiger partial charge on any atom is -0.375 e. The summed E-state index contributed by atoms with van der Waals surface area (Å²) in [5.74, 6) is 0.0210. The summed E-state index contributed by atoms with van der Waals surface area (Å²) in [6.07, 6.45) is 1.80. The van der Waals surface area contributed by atoms with Crippen LogP contribution in [0.15, 0.2) is 30.3 Å². The van der Waals surface area contributed by atoms with Gasteiger partial charge in [0.25, 0.3) is 0 Å². The van der Waals surface area contributed by atoms with Crippen molar-refractivity contribution in [2.75, 3.05) is 19.7 Å². The van der Waals surface area contributed by atoms with Crippen LogP contribution in [0.25, 0.3) is 0 Å². The first-order valence-electron chi connectivity index (χ1n) is 9.46. The van der Waals surface area contributed by atoms with Crippen LogP contribution in [0, 0.1) is 0 Å². The second-order valence-corrected chi connectivity index (χ2v) is 6.99. The molecule has 3 N–H and O–H groups in total. The SMILES string of the molecule is CCC(CC)(CNC(=O)[C@H]1NCCO[C@@H]1C)NC(C)c1ccccc1. The molecule has 5 heteroatoms. The molecule has 1 aliphatic heterocycles. The summed E-state index contributed by atoms with van der Waals surface area (Å²) in [6, 6.07) is 10.4. The highest BCUT2D eigenvalue weighted by atomic mass is 16.5. The van der Waals surface area contributed by atoms with Gasteiger partial charge in [-0.2, -0.15) is 0 Å². The summed E-state index contributed by atoms with van der Waals surface area (Å²) in [4.78, 5) is 12.6. The molecule has 1 unspecified atom stereocenters. The Kier molecular flexibility index (Phi) is 7.41. The number of morpholine rings is 1. The Hall–Kier alpha value is -1.43. The van der Waals surface area contributed by atoms with Crippen LogP contribution in [0.1, 0.15) is 52.1 Å². The molecule has 0 saturated carbocycles. The maximum atomic E-state index is 12.6. The predicted molar refractivity (Wildman–Crippen MR) is 102 cm³/mol. The second-order valence-electron chi connectivity index (χ2n) is 6.99. The molecule has 0 spiro atoms. The topological polar surface area (TPSA) is 62.4 Å². The molecule has 0 aliphatic carbocycles. The number of rotatable bonds is 8. The van der Waals surface area contributed by atoms with E-state index in [1.165, 1.54) is 5.56 Å². The van der Waals surface area contributed by atoms with Crippen molar-refractivity contribution in [1.82, 2.24) is 16.0 Å². The van der Waals surface area contributed by atoms with Crippen molar-refractivity contribution in [3.05, 3.63) is 35.9 Å². The Labute approximate surface area is 151 Å². The first kappa shape index (κ1) is 19.9. The average molecular weight is 348 g/mol. The zero-order chi connectivity index (χ0) is 18.3. The number of hydrogen-bond donors (Lipinski definition) is 3. The van der Waals surface area contributed by atoms with E-state index in [0.717, 1.165) is 19.4 Å². The van der Waals surface area contributed by atoms with Gasteiger partial charge in [-0.1, -0.05) is 44.2 Å². The number of hydrogen-bond acceptors (Lipinski definition) is 4. The summed E-state index contributed by atoms with van der Waals surface area (Å²) >= 11 is 0. The van der Waals surface area contributed by atoms with Crippen molar-refractivity contribution in [2.24, 2.45) is 0 Å². The van der Waals surface area contributed by atoms with Gasteiger partial charge < -0.3 is 20.7 Å². The summed E-state index contributed by atoms with van der Waals surface area (Å²) in [7, 11) is 0. The molecule has 1 amide bonds. The third-order valence-electron chi connectivity index (χ3n) is 5.38. The summed E-state index contributed by atoms with van der Waals surface area (Å²) in [5, 5.41) is 10.1. The lowest BCUT2D eigenvalue weighted by Gasteiger charge is -2.37. The molecule has 1 aliphatic rings. The van der Waals surface area contributed by atoms with Gasteiger partial charge >= 0.3 is 0 Å². The highest BCUT2D eigenvalue weighted by Crippen LogP contribution is 2.21. The van der Waals surface area contributed by atoms with E-state index < -0.39 is 0 Å². The van der Waals surface area contributed by atoms with Crippen LogP contribution in [-0.4, -0.2) is 43.3 Å². The van der Waals surface area contributed by atoms with Crippen molar-refractivity contribution in [3.63, 3.8) is 0 Å². The van der Waals surface area contributed by atoms with Crippen molar-refractivity contribution in [2.45, 2.75) is 64.3 Å². The zero-order valence-electron chi connectivity index (χ0n) is 16.0. The molecule has 1 fully saturated rings. The van der Waals surface area contributed by atoms with E-state index in [1.54, 1.807) is 0 Å². The largest absolute Gasteiger partial charge is 0.375 e. The Bertz CT molecular complexity index is 531. The number of nitrogens with one attached hydrogen (secondary N) is 3. The van der Waals surface area contributed by atoms with Gasteiger partial charge in [0.1, 0.15) is 6.04 Å². The van der Waals surface area contributed by atoms with E-state index >= 15 is 0 Å². The quantitative estimate of drug-likeness (QED) is 0.676.